The van der Waals surface area contributed by atoms with Crippen LogP contribution < -0.4 is 5.32 Å². The van der Waals surface area contributed by atoms with Gasteiger partial charge in [0, 0.05) is 28.5 Å². The molecule has 2 heterocycles. The number of aromatic nitrogens is 2. The van der Waals surface area contributed by atoms with Crippen LogP contribution in [0.15, 0.2) is 24.3 Å². The highest BCUT2D eigenvalue weighted by molar-refractivity contribution is 5.89. The van der Waals surface area contributed by atoms with E-state index in [2.05, 4.69) is 41.5 Å². The summed E-state index contributed by atoms with van der Waals surface area (Å²) in [6, 6.07) is 8.23. The van der Waals surface area contributed by atoms with Crippen LogP contribution in [-0.4, -0.2) is 29.1 Å². The van der Waals surface area contributed by atoms with E-state index in [1.807, 2.05) is 19.1 Å². The number of carbonyl (C=O) groups excluding carboxylic acids is 1. The third kappa shape index (κ3) is 2.36. The Labute approximate surface area is 136 Å². The topological polar surface area (TPSA) is 54.9 Å². The molecular formula is C19H23N3O. The van der Waals surface area contributed by atoms with Gasteiger partial charge in [0.15, 0.2) is 0 Å². The minimum absolute atomic E-state index is 0.278. The van der Waals surface area contributed by atoms with Crippen molar-refractivity contribution in [3.8, 4) is 0 Å². The van der Waals surface area contributed by atoms with Crippen LogP contribution in [0.25, 0.3) is 10.8 Å². The number of hydrogen-bond acceptors (Lipinski definition) is 4. The Bertz CT molecular complexity index is 773. The van der Waals surface area contributed by atoms with Crippen molar-refractivity contribution in [3.05, 3.63) is 35.7 Å². The second-order valence-electron chi connectivity index (χ2n) is 7.72. The molecule has 1 saturated carbocycles. The monoisotopic (exact) mass is 309 g/mol. The fourth-order valence-corrected chi connectivity index (χ4v) is 4.27. The Balaban J connectivity index is 1.64. The van der Waals surface area contributed by atoms with Gasteiger partial charge >= 0.3 is 0 Å². The quantitative estimate of drug-likeness (QED) is 0.943. The third-order valence-electron chi connectivity index (χ3n) is 5.59. The number of ketones is 1. The van der Waals surface area contributed by atoms with Crippen LogP contribution in [-0.2, 0) is 10.2 Å². The summed E-state index contributed by atoms with van der Waals surface area (Å²) in [6.07, 6.45) is 0.548. The minimum Gasteiger partial charge on any atom is -0.316 e. The summed E-state index contributed by atoms with van der Waals surface area (Å²) in [5, 5.41) is 14.4. The molecule has 2 fully saturated rings. The first-order chi connectivity index (χ1) is 11.0. The van der Waals surface area contributed by atoms with Crippen molar-refractivity contribution in [1.82, 2.24) is 15.5 Å². The van der Waals surface area contributed by atoms with Crippen molar-refractivity contribution in [3.63, 3.8) is 0 Å². The van der Waals surface area contributed by atoms with Crippen LogP contribution in [0.5, 0.6) is 0 Å². The molecule has 4 rings (SSSR count). The lowest BCUT2D eigenvalue weighted by Gasteiger charge is -2.25. The van der Waals surface area contributed by atoms with Gasteiger partial charge < -0.3 is 5.32 Å². The van der Waals surface area contributed by atoms with Gasteiger partial charge in [0.25, 0.3) is 0 Å². The van der Waals surface area contributed by atoms with Gasteiger partial charge in [-0.1, -0.05) is 38.1 Å². The van der Waals surface area contributed by atoms with Crippen molar-refractivity contribution in [1.29, 1.82) is 0 Å². The predicted octanol–water partition coefficient (Wildman–Crippen LogP) is 2.64. The van der Waals surface area contributed by atoms with Gasteiger partial charge in [0.1, 0.15) is 5.78 Å². The number of nitrogens with zero attached hydrogens (tertiary/aromatic N) is 2. The molecule has 1 aromatic carbocycles. The molecule has 0 spiro atoms. The van der Waals surface area contributed by atoms with Crippen LogP contribution in [0.2, 0.25) is 0 Å². The summed E-state index contributed by atoms with van der Waals surface area (Å²) >= 11 is 0. The lowest BCUT2D eigenvalue weighted by Crippen LogP contribution is -2.27. The van der Waals surface area contributed by atoms with Crippen LogP contribution >= 0.6 is 0 Å². The van der Waals surface area contributed by atoms with E-state index in [0.29, 0.717) is 24.0 Å². The molecule has 120 valence electrons. The maximum absolute atomic E-state index is 12.7. The van der Waals surface area contributed by atoms with Crippen LogP contribution in [0.4, 0.5) is 0 Å². The van der Waals surface area contributed by atoms with Gasteiger partial charge in [-0.05, 0) is 31.8 Å². The molecule has 0 unspecified atom stereocenters. The standard InChI is InChI=1S/C19H23N3O/c1-11-12-6-4-5-7-13(12)18(22-21-11)19(2,3)8-16(23)17-14-9-20-10-15(14)17/h4-7,14-15,17,20H,8-10H2,1-3H3/t14-,15+,17+. The molecule has 2 aliphatic rings. The summed E-state index contributed by atoms with van der Waals surface area (Å²) in [7, 11) is 0. The van der Waals surface area contributed by atoms with E-state index in [4.69, 9.17) is 0 Å². The molecule has 0 bridgehead atoms. The first-order valence-electron chi connectivity index (χ1n) is 8.45. The first-order valence-corrected chi connectivity index (χ1v) is 8.45. The van der Waals surface area contributed by atoms with E-state index < -0.39 is 0 Å². The van der Waals surface area contributed by atoms with Crippen LogP contribution in [0.3, 0.4) is 0 Å². The van der Waals surface area contributed by atoms with Gasteiger partial charge in [0.2, 0.25) is 0 Å². The molecular weight excluding hydrogens is 286 g/mol. The number of rotatable bonds is 4. The maximum Gasteiger partial charge on any atom is 0.137 e. The fraction of sp³-hybridized carbons (Fsp3) is 0.526. The summed E-state index contributed by atoms with van der Waals surface area (Å²) in [5.41, 5.74) is 1.59. The zero-order valence-electron chi connectivity index (χ0n) is 14.0. The number of hydrogen-bond donors (Lipinski definition) is 1. The van der Waals surface area contributed by atoms with Crippen molar-refractivity contribution in [2.75, 3.05) is 13.1 Å². The highest BCUT2D eigenvalue weighted by atomic mass is 16.1. The van der Waals surface area contributed by atoms with Crippen molar-refractivity contribution in [2.45, 2.75) is 32.6 Å². The number of nitrogens with one attached hydrogen (secondary N) is 1. The largest absolute Gasteiger partial charge is 0.316 e. The number of Topliss-reactive ketones (excluding diaryl/α,β-unsaturated/α-hetero) is 1. The van der Waals surface area contributed by atoms with Crippen molar-refractivity contribution in [2.24, 2.45) is 17.8 Å². The van der Waals surface area contributed by atoms with E-state index in [1.165, 1.54) is 0 Å². The number of piperidine rings is 1. The molecule has 4 heteroatoms. The number of aryl methyl sites for hydroxylation is 1. The van der Waals surface area contributed by atoms with E-state index in [1.54, 1.807) is 0 Å². The number of benzene rings is 1. The predicted molar refractivity (Wildman–Crippen MR) is 90.3 cm³/mol. The Kier molecular flexibility index (Phi) is 3.27. The smallest absolute Gasteiger partial charge is 0.137 e. The number of fused-ring (bicyclic) bond motifs is 2. The van der Waals surface area contributed by atoms with E-state index >= 15 is 0 Å². The average molecular weight is 309 g/mol. The SMILES string of the molecule is Cc1nnc(C(C)(C)CC(=O)[C@H]2[C@@H]3CNC[C@@H]32)c2ccccc12. The first kappa shape index (κ1) is 14.8. The normalized spacial score (nSPS) is 26.3. The van der Waals surface area contributed by atoms with Crippen LogP contribution in [0, 0.1) is 24.7 Å². The summed E-state index contributed by atoms with van der Waals surface area (Å²) < 4.78 is 0. The Morgan fingerprint density at radius 3 is 2.52 bits per heavy atom. The molecule has 1 aromatic heterocycles. The van der Waals surface area contributed by atoms with Gasteiger partial charge in [0.05, 0.1) is 11.4 Å². The molecule has 0 radical (unpaired) electrons. The summed E-state index contributed by atoms with van der Waals surface area (Å²) in [6.45, 7) is 8.24. The lowest BCUT2D eigenvalue weighted by molar-refractivity contribution is -0.122. The van der Waals surface area contributed by atoms with E-state index in [-0.39, 0.29) is 11.3 Å². The lowest BCUT2D eigenvalue weighted by atomic mass is 9.80. The minimum atomic E-state index is -0.290. The van der Waals surface area contributed by atoms with Gasteiger partial charge in [-0.25, -0.2) is 0 Å². The molecule has 0 amide bonds. The average Bonchev–Trinajstić information content (AvgIpc) is 3.01. The summed E-state index contributed by atoms with van der Waals surface area (Å²) in [5.74, 6) is 1.84. The van der Waals surface area contributed by atoms with Gasteiger partial charge in [-0.2, -0.15) is 10.2 Å². The van der Waals surface area contributed by atoms with Gasteiger partial charge in [-0.3, -0.25) is 4.79 Å². The Hall–Kier alpha value is -1.81. The van der Waals surface area contributed by atoms with Crippen molar-refractivity contribution >= 4 is 16.6 Å². The second-order valence-corrected chi connectivity index (χ2v) is 7.72. The Morgan fingerprint density at radius 1 is 1.17 bits per heavy atom. The molecule has 3 atom stereocenters. The van der Waals surface area contributed by atoms with Crippen molar-refractivity contribution < 1.29 is 4.79 Å². The maximum atomic E-state index is 12.7. The van der Waals surface area contributed by atoms with E-state index in [0.717, 1.165) is 35.2 Å². The highest BCUT2D eigenvalue weighted by Crippen LogP contribution is 2.50. The summed E-state index contributed by atoms with van der Waals surface area (Å²) in [4.78, 5) is 12.7. The molecule has 1 saturated heterocycles. The zero-order valence-corrected chi connectivity index (χ0v) is 14.0. The zero-order chi connectivity index (χ0) is 16.2. The highest BCUT2D eigenvalue weighted by Gasteiger charge is 2.56. The fourth-order valence-electron chi connectivity index (χ4n) is 4.27. The third-order valence-corrected chi connectivity index (χ3v) is 5.59. The van der Waals surface area contributed by atoms with Gasteiger partial charge in [-0.15, -0.1) is 0 Å². The van der Waals surface area contributed by atoms with Crippen LogP contribution in [0.1, 0.15) is 31.7 Å². The molecule has 1 aliphatic carbocycles. The molecule has 4 nitrogen and oxygen atoms in total. The Morgan fingerprint density at radius 2 is 1.83 bits per heavy atom. The molecule has 1 N–H and O–H groups in total. The number of carbonyl (C=O) groups is 1. The molecule has 1 aliphatic heterocycles. The molecule has 2 aromatic rings. The van der Waals surface area contributed by atoms with E-state index in [9.17, 15) is 4.79 Å². The second kappa shape index (κ2) is 5.10. The molecule has 23 heavy (non-hydrogen) atoms.